The van der Waals surface area contributed by atoms with Crippen LogP contribution in [0.3, 0.4) is 0 Å². The molecule has 7 heteroatoms. The summed E-state index contributed by atoms with van der Waals surface area (Å²) in [4.78, 5) is 30.0. The quantitative estimate of drug-likeness (QED) is 0.552. The van der Waals surface area contributed by atoms with Gasteiger partial charge in [0.2, 0.25) is 11.8 Å². The summed E-state index contributed by atoms with van der Waals surface area (Å²) in [6.45, 7) is 5.54. The van der Waals surface area contributed by atoms with E-state index in [0.717, 1.165) is 22.4 Å². The summed E-state index contributed by atoms with van der Waals surface area (Å²) in [5.41, 5.74) is 1.97. The molecule has 0 spiro atoms. The molecule has 0 aliphatic heterocycles. The Morgan fingerprint density at radius 2 is 1.79 bits per heavy atom. The molecular weight excluding hydrogens is 391 g/mol. The minimum absolute atomic E-state index is 0.00775. The Morgan fingerprint density at radius 1 is 1.07 bits per heavy atom. The highest BCUT2D eigenvalue weighted by Crippen LogP contribution is 2.20. The molecule has 0 bridgehead atoms. The SMILES string of the molecule is CCCC(=O)N(CCOC)CC(=O)N(Cc1ccc(F)cc1)Cc1sccc1C. The fourth-order valence-corrected chi connectivity index (χ4v) is 3.83. The number of rotatable bonds is 11. The molecule has 0 saturated heterocycles. The number of benzene rings is 1. The number of hydrogen-bond acceptors (Lipinski definition) is 4. The van der Waals surface area contributed by atoms with E-state index in [9.17, 15) is 14.0 Å². The van der Waals surface area contributed by atoms with Crippen molar-refractivity contribution in [1.29, 1.82) is 0 Å². The molecule has 5 nitrogen and oxygen atoms in total. The predicted molar refractivity (Wildman–Crippen MR) is 113 cm³/mol. The fourth-order valence-electron chi connectivity index (χ4n) is 2.91. The first-order chi connectivity index (χ1) is 13.9. The number of nitrogens with zero attached hydrogens (tertiary/aromatic N) is 2. The third-order valence-electron chi connectivity index (χ3n) is 4.65. The van der Waals surface area contributed by atoms with E-state index in [-0.39, 0.29) is 24.2 Å². The number of hydrogen-bond donors (Lipinski definition) is 0. The molecule has 158 valence electrons. The Kier molecular flexibility index (Phi) is 9.28. The lowest BCUT2D eigenvalue weighted by atomic mass is 10.2. The molecule has 1 aromatic heterocycles. The van der Waals surface area contributed by atoms with Crippen LogP contribution in [0.4, 0.5) is 4.39 Å². The summed E-state index contributed by atoms with van der Waals surface area (Å²) >= 11 is 1.60. The van der Waals surface area contributed by atoms with E-state index in [4.69, 9.17) is 4.74 Å². The third kappa shape index (κ3) is 7.25. The van der Waals surface area contributed by atoms with Crippen molar-refractivity contribution in [3.05, 3.63) is 57.5 Å². The second-order valence-electron chi connectivity index (χ2n) is 6.96. The van der Waals surface area contributed by atoms with Gasteiger partial charge in [0, 0.05) is 31.5 Å². The van der Waals surface area contributed by atoms with Crippen molar-refractivity contribution in [1.82, 2.24) is 9.80 Å². The van der Waals surface area contributed by atoms with E-state index in [1.807, 2.05) is 25.3 Å². The summed E-state index contributed by atoms with van der Waals surface area (Å²) in [5.74, 6) is -0.494. The van der Waals surface area contributed by atoms with Crippen LogP contribution in [0.1, 0.15) is 35.8 Å². The Morgan fingerprint density at radius 3 is 2.38 bits per heavy atom. The number of ether oxygens (including phenoxy) is 1. The first-order valence-electron chi connectivity index (χ1n) is 9.76. The molecule has 0 fully saturated rings. The van der Waals surface area contributed by atoms with Crippen molar-refractivity contribution in [2.75, 3.05) is 26.8 Å². The van der Waals surface area contributed by atoms with Crippen molar-refractivity contribution in [3.8, 4) is 0 Å². The van der Waals surface area contributed by atoms with Gasteiger partial charge in [-0.05, 0) is 48.1 Å². The van der Waals surface area contributed by atoms with Crippen LogP contribution in [0.25, 0.3) is 0 Å². The Hall–Kier alpha value is -2.25. The summed E-state index contributed by atoms with van der Waals surface area (Å²) in [7, 11) is 1.57. The zero-order valence-electron chi connectivity index (χ0n) is 17.3. The Labute approximate surface area is 176 Å². The minimum Gasteiger partial charge on any atom is -0.383 e. The van der Waals surface area contributed by atoms with Crippen molar-refractivity contribution in [2.45, 2.75) is 39.8 Å². The minimum atomic E-state index is -0.309. The lowest BCUT2D eigenvalue weighted by Crippen LogP contribution is -2.43. The molecule has 2 rings (SSSR count). The van der Waals surface area contributed by atoms with Gasteiger partial charge in [-0.1, -0.05) is 19.1 Å². The van der Waals surface area contributed by atoms with E-state index in [0.29, 0.717) is 32.7 Å². The zero-order valence-corrected chi connectivity index (χ0v) is 18.1. The summed E-state index contributed by atoms with van der Waals surface area (Å²) in [5, 5.41) is 2.00. The van der Waals surface area contributed by atoms with E-state index in [1.165, 1.54) is 12.1 Å². The number of amides is 2. The van der Waals surface area contributed by atoms with Gasteiger partial charge in [-0.2, -0.15) is 0 Å². The number of halogens is 1. The summed E-state index contributed by atoms with van der Waals surface area (Å²) < 4.78 is 18.4. The lowest BCUT2D eigenvalue weighted by molar-refractivity contribution is -0.141. The maximum atomic E-state index is 13.3. The molecule has 0 radical (unpaired) electrons. The molecule has 1 aromatic carbocycles. The summed E-state index contributed by atoms with van der Waals surface area (Å²) in [6.07, 6.45) is 1.13. The zero-order chi connectivity index (χ0) is 21.2. The molecule has 0 unspecified atom stereocenters. The van der Waals surface area contributed by atoms with Crippen molar-refractivity contribution in [2.24, 2.45) is 0 Å². The van der Waals surface area contributed by atoms with Crippen LogP contribution >= 0.6 is 11.3 Å². The summed E-state index contributed by atoms with van der Waals surface area (Å²) in [6, 6.07) is 8.17. The molecule has 2 amide bonds. The van der Waals surface area contributed by atoms with E-state index in [2.05, 4.69) is 0 Å². The van der Waals surface area contributed by atoms with Gasteiger partial charge in [0.1, 0.15) is 5.82 Å². The Bertz CT molecular complexity index is 792. The highest BCUT2D eigenvalue weighted by molar-refractivity contribution is 7.10. The molecule has 0 aliphatic carbocycles. The molecule has 0 atom stereocenters. The number of methoxy groups -OCH3 is 1. The van der Waals surface area contributed by atoms with Crippen LogP contribution in [-0.2, 0) is 27.4 Å². The second-order valence-corrected chi connectivity index (χ2v) is 7.96. The van der Waals surface area contributed by atoms with Gasteiger partial charge in [-0.15, -0.1) is 11.3 Å². The molecule has 0 saturated carbocycles. The molecule has 1 heterocycles. The van der Waals surface area contributed by atoms with Crippen LogP contribution in [0.2, 0.25) is 0 Å². The second kappa shape index (κ2) is 11.7. The molecular formula is C22H29FN2O3S. The average Bonchev–Trinajstić information content (AvgIpc) is 3.10. The van der Waals surface area contributed by atoms with E-state index >= 15 is 0 Å². The van der Waals surface area contributed by atoms with Gasteiger partial charge >= 0.3 is 0 Å². The normalized spacial score (nSPS) is 10.8. The van der Waals surface area contributed by atoms with Gasteiger partial charge < -0.3 is 14.5 Å². The molecule has 2 aromatic rings. The number of aryl methyl sites for hydroxylation is 1. The third-order valence-corrected chi connectivity index (χ3v) is 5.66. The van der Waals surface area contributed by atoms with Crippen molar-refractivity contribution in [3.63, 3.8) is 0 Å². The largest absolute Gasteiger partial charge is 0.383 e. The number of carbonyl (C=O) groups is 2. The van der Waals surface area contributed by atoms with Gasteiger partial charge in [0.05, 0.1) is 19.7 Å². The topological polar surface area (TPSA) is 49.9 Å². The highest BCUT2D eigenvalue weighted by Gasteiger charge is 2.22. The number of carbonyl (C=O) groups excluding carboxylic acids is 2. The van der Waals surface area contributed by atoms with Gasteiger partial charge in [0.25, 0.3) is 0 Å². The maximum Gasteiger partial charge on any atom is 0.242 e. The lowest BCUT2D eigenvalue weighted by Gasteiger charge is -2.28. The van der Waals surface area contributed by atoms with Crippen molar-refractivity contribution < 1.29 is 18.7 Å². The van der Waals surface area contributed by atoms with Crippen LogP contribution in [0.5, 0.6) is 0 Å². The number of thiophene rings is 1. The smallest absolute Gasteiger partial charge is 0.242 e. The van der Waals surface area contributed by atoms with Gasteiger partial charge in [0.15, 0.2) is 0 Å². The highest BCUT2D eigenvalue weighted by atomic mass is 32.1. The first kappa shape index (κ1) is 23.0. The predicted octanol–water partition coefficient (Wildman–Crippen LogP) is 4.00. The van der Waals surface area contributed by atoms with Gasteiger partial charge in [-0.3, -0.25) is 9.59 Å². The van der Waals surface area contributed by atoms with Crippen LogP contribution in [0.15, 0.2) is 35.7 Å². The standard InChI is InChI=1S/C22H29FN2O3S/c1-4-5-21(26)24(11-12-28-3)16-22(27)25(15-20-17(2)10-13-29-20)14-18-6-8-19(23)9-7-18/h6-10,13H,4-5,11-12,14-16H2,1-3H3. The van der Waals surface area contributed by atoms with Crippen LogP contribution < -0.4 is 0 Å². The molecule has 0 N–H and O–H groups in total. The molecule has 0 aliphatic rings. The van der Waals surface area contributed by atoms with Gasteiger partial charge in [-0.25, -0.2) is 4.39 Å². The average molecular weight is 421 g/mol. The fraction of sp³-hybridized carbons (Fsp3) is 0.455. The Balaban J connectivity index is 2.17. The monoisotopic (exact) mass is 420 g/mol. The van der Waals surface area contributed by atoms with E-state index < -0.39 is 0 Å². The van der Waals surface area contributed by atoms with E-state index in [1.54, 1.807) is 40.4 Å². The van der Waals surface area contributed by atoms with Crippen LogP contribution in [0, 0.1) is 12.7 Å². The van der Waals surface area contributed by atoms with Crippen LogP contribution in [-0.4, -0.2) is 48.4 Å². The first-order valence-corrected chi connectivity index (χ1v) is 10.6. The molecule has 29 heavy (non-hydrogen) atoms. The van der Waals surface area contributed by atoms with Crippen molar-refractivity contribution >= 4 is 23.2 Å². The maximum absolute atomic E-state index is 13.3.